The van der Waals surface area contributed by atoms with Gasteiger partial charge in [-0.1, -0.05) is 6.92 Å². The summed E-state index contributed by atoms with van der Waals surface area (Å²) in [6, 6.07) is 1.92. The Morgan fingerprint density at radius 3 is 3.06 bits per heavy atom. The monoisotopic (exact) mass is 231 g/mol. The van der Waals surface area contributed by atoms with Gasteiger partial charge < -0.3 is 9.88 Å². The highest BCUT2D eigenvalue weighted by Gasteiger charge is 2.02. The SMILES string of the molecule is CCCNCc1cncn1Cc1ccncn1. The Labute approximate surface area is 101 Å². The Hall–Kier alpha value is -1.75. The highest BCUT2D eigenvalue weighted by atomic mass is 15.1. The number of hydrogen-bond donors (Lipinski definition) is 1. The molecule has 0 spiro atoms. The van der Waals surface area contributed by atoms with Gasteiger partial charge in [-0.25, -0.2) is 15.0 Å². The van der Waals surface area contributed by atoms with Crippen molar-refractivity contribution < 1.29 is 0 Å². The molecule has 0 aromatic carbocycles. The second-order valence-corrected chi connectivity index (χ2v) is 3.89. The van der Waals surface area contributed by atoms with Crippen molar-refractivity contribution in [2.24, 2.45) is 0 Å². The molecule has 5 heteroatoms. The van der Waals surface area contributed by atoms with Crippen molar-refractivity contribution in [2.45, 2.75) is 26.4 Å². The second kappa shape index (κ2) is 6.10. The van der Waals surface area contributed by atoms with Crippen LogP contribution in [0.15, 0.2) is 31.1 Å². The van der Waals surface area contributed by atoms with Crippen LogP contribution in [-0.4, -0.2) is 26.1 Å². The molecule has 2 aromatic rings. The Bertz CT molecular complexity index is 437. The molecule has 17 heavy (non-hydrogen) atoms. The van der Waals surface area contributed by atoms with E-state index >= 15 is 0 Å². The third kappa shape index (κ3) is 3.35. The molecule has 5 nitrogen and oxygen atoms in total. The summed E-state index contributed by atoms with van der Waals surface area (Å²) in [6.45, 7) is 4.77. The third-order valence-electron chi connectivity index (χ3n) is 2.51. The van der Waals surface area contributed by atoms with Crippen molar-refractivity contribution >= 4 is 0 Å². The first-order chi connectivity index (χ1) is 8.40. The first-order valence-corrected chi connectivity index (χ1v) is 5.84. The van der Waals surface area contributed by atoms with E-state index in [9.17, 15) is 0 Å². The maximum Gasteiger partial charge on any atom is 0.115 e. The molecule has 1 N–H and O–H groups in total. The standard InChI is InChI=1S/C12H17N5/c1-2-4-13-6-12-7-15-10-17(12)8-11-3-5-14-9-16-11/h3,5,7,9-10,13H,2,4,6,8H2,1H3. The van der Waals surface area contributed by atoms with Crippen LogP contribution in [0.2, 0.25) is 0 Å². The van der Waals surface area contributed by atoms with Crippen molar-refractivity contribution in [3.63, 3.8) is 0 Å². The minimum Gasteiger partial charge on any atom is -0.327 e. The average Bonchev–Trinajstić information content (AvgIpc) is 2.79. The lowest BCUT2D eigenvalue weighted by Crippen LogP contribution is -2.17. The first kappa shape index (κ1) is 11.7. The van der Waals surface area contributed by atoms with Gasteiger partial charge >= 0.3 is 0 Å². The largest absolute Gasteiger partial charge is 0.327 e. The summed E-state index contributed by atoms with van der Waals surface area (Å²) in [5.74, 6) is 0. The van der Waals surface area contributed by atoms with E-state index in [-0.39, 0.29) is 0 Å². The summed E-state index contributed by atoms with van der Waals surface area (Å²) in [5.41, 5.74) is 2.17. The first-order valence-electron chi connectivity index (χ1n) is 5.84. The van der Waals surface area contributed by atoms with Gasteiger partial charge in [0.25, 0.3) is 0 Å². The summed E-state index contributed by atoms with van der Waals surface area (Å²) >= 11 is 0. The molecule has 0 saturated heterocycles. The molecule has 0 aliphatic rings. The predicted octanol–water partition coefficient (Wildman–Crippen LogP) is 1.22. The van der Waals surface area contributed by atoms with Crippen molar-refractivity contribution in [3.05, 3.63) is 42.5 Å². The molecule has 0 fully saturated rings. The number of aromatic nitrogens is 4. The fraction of sp³-hybridized carbons (Fsp3) is 0.417. The van der Waals surface area contributed by atoms with Crippen LogP contribution in [0, 0.1) is 0 Å². The molecule has 0 bridgehead atoms. The zero-order chi connectivity index (χ0) is 11.9. The van der Waals surface area contributed by atoms with E-state index in [2.05, 4.69) is 31.8 Å². The van der Waals surface area contributed by atoms with Crippen LogP contribution < -0.4 is 5.32 Å². The Kier molecular flexibility index (Phi) is 4.21. The van der Waals surface area contributed by atoms with Gasteiger partial charge in [0.2, 0.25) is 0 Å². The van der Waals surface area contributed by atoms with Gasteiger partial charge in [0.15, 0.2) is 0 Å². The molecule has 2 heterocycles. The lowest BCUT2D eigenvalue weighted by Gasteiger charge is -2.08. The summed E-state index contributed by atoms with van der Waals surface area (Å²) < 4.78 is 2.10. The summed E-state index contributed by atoms with van der Waals surface area (Å²) in [7, 11) is 0. The lowest BCUT2D eigenvalue weighted by atomic mass is 10.3. The van der Waals surface area contributed by atoms with Gasteiger partial charge in [-0.2, -0.15) is 0 Å². The topological polar surface area (TPSA) is 55.6 Å². The molecule has 2 rings (SSSR count). The molecule has 90 valence electrons. The van der Waals surface area contributed by atoms with Gasteiger partial charge in [-0.05, 0) is 19.0 Å². The van der Waals surface area contributed by atoms with E-state index in [1.165, 1.54) is 5.69 Å². The highest BCUT2D eigenvalue weighted by Crippen LogP contribution is 2.03. The van der Waals surface area contributed by atoms with Crippen LogP contribution in [0.3, 0.4) is 0 Å². The van der Waals surface area contributed by atoms with Gasteiger partial charge in [0.1, 0.15) is 6.33 Å². The quantitative estimate of drug-likeness (QED) is 0.759. The highest BCUT2D eigenvalue weighted by molar-refractivity contribution is 5.04. The molecule has 0 aliphatic carbocycles. The molecule has 0 saturated carbocycles. The van der Waals surface area contributed by atoms with E-state index in [0.29, 0.717) is 0 Å². The molecular formula is C12H17N5. The van der Waals surface area contributed by atoms with Gasteiger partial charge in [-0.15, -0.1) is 0 Å². The van der Waals surface area contributed by atoms with Gasteiger partial charge in [0, 0.05) is 18.9 Å². The molecule has 0 aliphatic heterocycles. The van der Waals surface area contributed by atoms with E-state index in [1.807, 2.05) is 18.6 Å². The van der Waals surface area contributed by atoms with Crippen molar-refractivity contribution in [2.75, 3.05) is 6.54 Å². The fourth-order valence-electron chi connectivity index (χ4n) is 1.62. The lowest BCUT2D eigenvalue weighted by molar-refractivity contribution is 0.626. The third-order valence-corrected chi connectivity index (χ3v) is 2.51. The van der Waals surface area contributed by atoms with Crippen molar-refractivity contribution in [3.8, 4) is 0 Å². The summed E-state index contributed by atoms with van der Waals surface area (Å²) in [4.78, 5) is 12.3. The van der Waals surface area contributed by atoms with Gasteiger partial charge in [0.05, 0.1) is 24.3 Å². The molecule has 2 aromatic heterocycles. The van der Waals surface area contributed by atoms with E-state index in [4.69, 9.17) is 0 Å². The zero-order valence-corrected chi connectivity index (χ0v) is 10.0. The summed E-state index contributed by atoms with van der Waals surface area (Å²) in [5, 5.41) is 3.37. The van der Waals surface area contributed by atoms with Gasteiger partial charge in [-0.3, -0.25) is 0 Å². The number of imidazole rings is 1. The van der Waals surface area contributed by atoms with Crippen LogP contribution in [0.1, 0.15) is 24.7 Å². The minimum atomic E-state index is 0.742. The predicted molar refractivity (Wildman–Crippen MR) is 65.4 cm³/mol. The Morgan fingerprint density at radius 1 is 1.35 bits per heavy atom. The molecule has 0 atom stereocenters. The number of hydrogen-bond acceptors (Lipinski definition) is 4. The number of rotatable bonds is 6. The van der Waals surface area contributed by atoms with E-state index in [1.54, 1.807) is 12.5 Å². The zero-order valence-electron chi connectivity index (χ0n) is 10.0. The normalized spacial score (nSPS) is 10.6. The molecular weight excluding hydrogens is 214 g/mol. The van der Waals surface area contributed by atoms with Crippen molar-refractivity contribution in [1.29, 1.82) is 0 Å². The van der Waals surface area contributed by atoms with Crippen LogP contribution >= 0.6 is 0 Å². The molecule has 0 unspecified atom stereocenters. The van der Waals surface area contributed by atoms with Crippen molar-refractivity contribution in [1.82, 2.24) is 24.8 Å². The molecule has 0 amide bonds. The summed E-state index contributed by atoms with van der Waals surface area (Å²) in [6.07, 6.45) is 8.20. The maximum atomic E-state index is 4.21. The smallest absolute Gasteiger partial charge is 0.115 e. The fourth-order valence-corrected chi connectivity index (χ4v) is 1.62. The number of nitrogens with one attached hydrogen (secondary N) is 1. The van der Waals surface area contributed by atoms with Crippen LogP contribution in [-0.2, 0) is 13.1 Å². The van der Waals surface area contributed by atoms with E-state index in [0.717, 1.165) is 31.7 Å². The second-order valence-electron chi connectivity index (χ2n) is 3.89. The van der Waals surface area contributed by atoms with E-state index < -0.39 is 0 Å². The Balaban J connectivity index is 1.99. The Morgan fingerprint density at radius 2 is 2.29 bits per heavy atom. The van der Waals surface area contributed by atoms with Crippen LogP contribution in [0.5, 0.6) is 0 Å². The number of nitrogens with zero attached hydrogens (tertiary/aromatic N) is 4. The van der Waals surface area contributed by atoms with Crippen LogP contribution in [0.25, 0.3) is 0 Å². The maximum absolute atomic E-state index is 4.21. The average molecular weight is 231 g/mol. The molecule has 0 radical (unpaired) electrons. The minimum absolute atomic E-state index is 0.742. The van der Waals surface area contributed by atoms with Crippen LogP contribution in [0.4, 0.5) is 0 Å².